The second-order valence-corrected chi connectivity index (χ2v) is 8.39. The zero-order valence-electron chi connectivity index (χ0n) is 19.0. The molecule has 0 amide bonds. The molecule has 0 atom stereocenters. The second-order valence-electron chi connectivity index (χ2n) is 7.99. The number of hydrogen-bond acceptors (Lipinski definition) is 6. The number of para-hydroxylation sites is 1. The molecule has 2 aromatic carbocycles. The van der Waals surface area contributed by atoms with Gasteiger partial charge in [0.15, 0.2) is 11.7 Å². The Morgan fingerprint density at radius 1 is 1.16 bits per heavy atom. The Balaban J connectivity index is 1.73. The van der Waals surface area contributed by atoms with Crippen LogP contribution in [-0.4, -0.2) is 29.9 Å². The molecule has 0 bridgehead atoms. The highest BCUT2D eigenvalue weighted by atomic mass is 32.1. The number of fused-ring (bicyclic) bond motifs is 1. The Labute approximate surface area is 194 Å². The molecule has 0 unspecified atom stereocenters. The summed E-state index contributed by atoms with van der Waals surface area (Å²) >= 11 is 5.48. The number of carbonyl (C=O) groups excluding carboxylic acids is 1. The van der Waals surface area contributed by atoms with E-state index in [0.717, 1.165) is 28.1 Å². The van der Waals surface area contributed by atoms with Crippen LogP contribution in [0.2, 0.25) is 0 Å². The zero-order chi connectivity index (χ0) is 23.3. The molecule has 0 radical (unpaired) electrons. The molecule has 2 aromatic rings. The lowest BCUT2D eigenvalue weighted by atomic mass is 9.99. The quantitative estimate of drug-likeness (QED) is 0.325. The highest BCUT2D eigenvalue weighted by molar-refractivity contribution is 7.80. The zero-order valence-corrected chi connectivity index (χ0v) is 19.8. The number of esters is 1. The standard InChI is InChI=1S/C24H29N3O4S/c1-6-29-21(28)14-30-17-10-11-20-18(12-17)19(13-24(4,5)31-20)26-27-23(32)25-22-15(2)8-7-9-16(22)3/h7-13,26H,6,14H2,1-5H3,(H2,25,27,32). The Kier molecular flexibility index (Phi) is 7.25. The molecule has 3 N–H and O–H groups in total. The minimum absolute atomic E-state index is 0.159. The van der Waals surface area contributed by atoms with Crippen LogP contribution in [0.3, 0.4) is 0 Å². The van der Waals surface area contributed by atoms with Crippen molar-refractivity contribution in [2.45, 2.75) is 40.2 Å². The van der Waals surface area contributed by atoms with Gasteiger partial charge in [-0.2, -0.15) is 0 Å². The summed E-state index contributed by atoms with van der Waals surface area (Å²) in [4.78, 5) is 11.6. The monoisotopic (exact) mass is 455 g/mol. The average Bonchev–Trinajstić information content (AvgIpc) is 2.73. The Morgan fingerprint density at radius 3 is 2.56 bits per heavy atom. The third kappa shape index (κ3) is 5.91. The molecule has 0 aromatic heterocycles. The van der Waals surface area contributed by atoms with Gasteiger partial charge in [0.05, 0.1) is 12.3 Å². The number of thiocarbonyl (C=S) groups is 1. The van der Waals surface area contributed by atoms with Crippen molar-refractivity contribution in [2.24, 2.45) is 0 Å². The smallest absolute Gasteiger partial charge is 0.344 e. The average molecular weight is 456 g/mol. The summed E-state index contributed by atoms with van der Waals surface area (Å²) in [5.74, 6) is 0.809. The maximum Gasteiger partial charge on any atom is 0.344 e. The minimum Gasteiger partial charge on any atom is -0.483 e. The third-order valence-electron chi connectivity index (χ3n) is 4.80. The highest BCUT2D eigenvalue weighted by Crippen LogP contribution is 2.36. The molecule has 8 heteroatoms. The van der Waals surface area contributed by atoms with Gasteiger partial charge in [-0.15, -0.1) is 0 Å². The molecule has 1 heterocycles. The number of benzene rings is 2. The van der Waals surface area contributed by atoms with E-state index in [1.807, 2.05) is 64.1 Å². The molecule has 0 saturated carbocycles. The van der Waals surface area contributed by atoms with Crippen molar-refractivity contribution in [3.63, 3.8) is 0 Å². The van der Waals surface area contributed by atoms with Crippen LogP contribution in [0.15, 0.2) is 42.5 Å². The number of nitrogens with one attached hydrogen (secondary N) is 3. The molecule has 1 aliphatic rings. The number of hydrogen-bond donors (Lipinski definition) is 3. The van der Waals surface area contributed by atoms with Crippen LogP contribution in [0.1, 0.15) is 37.5 Å². The van der Waals surface area contributed by atoms with Gasteiger partial charge in [-0.1, -0.05) is 18.2 Å². The Hall–Kier alpha value is -3.26. The highest BCUT2D eigenvalue weighted by Gasteiger charge is 2.27. The number of ether oxygens (including phenoxy) is 3. The first-order valence-corrected chi connectivity index (χ1v) is 10.8. The molecule has 7 nitrogen and oxygen atoms in total. The van der Waals surface area contributed by atoms with Gasteiger partial charge < -0.3 is 19.5 Å². The normalized spacial score (nSPS) is 13.7. The van der Waals surface area contributed by atoms with Crippen LogP contribution in [0, 0.1) is 13.8 Å². The van der Waals surface area contributed by atoms with E-state index in [-0.39, 0.29) is 6.61 Å². The fraction of sp³-hybridized carbons (Fsp3) is 0.333. The van der Waals surface area contributed by atoms with E-state index in [2.05, 4.69) is 16.2 Å². The fourth-order valence-electron chi connectivity index (χ4n) is 3.37. The van der Waals surface area contributed by atoms with Gasteiger partial charge in [0.1, 0.15) is 17.1 Å². The second kappa shape index (κ2) is 9.91. The van der Waals surface area contributed by atoms with Crippen LogP contribution >= 0.6 is 12.2 Å². The fourth-order valence-corrected chi connectivity index (χ4v) is 3.52. The summed E-state index contributed by atoms with van der Waals surface area (Å²) < 4.78 is 16.5. The number of anilines is 1. The molecule has 170 valence electrons. The number of carbonyl (C=O) groups is 1. The van der Waals surface area contributed by atoms with E-state index in [9.17, 15) is 4.79 Å². The number of aryl methyl sites for hydroxylation is 2. The lowest BCUT2D eigenvalue weighted by molar-refractivity contribution is -0.145. The van der Waals surface area contributed by atoms with E-state index in [0.29, 0.717) is 23.2 Å². The molecule has 3 rings (SSSR count). The van der Waals surface area contributed by atoms with E-state index < -0.39 is 11.6 Å². The predicted molar refractivity (Wildman–Crippen MR) is 130 cm³/mol. The van der Waals surface area contributed by atoms with Crippen molar-refractivity contribution in [2.75, 3.05) is 18.5 Å². The molecule has 0 aliphatic carbocycles. The summed E-state index contributed by atoms with van der Waals surface area (Å²) in [5, 5.41) is 3.68. The van der Waals surface area contributed by atoms with Crippen molar-refractivity contribution < 1.29 is 19.0 Å². The van der Waals surface area contributed by atoms with Gasteiger partial charge >= 0.3 is 5.97 Å². The lowest BCUT2D eigenvalue weighted by Crippen LogP contribution is -2.41. The Morgan fingerprint density at radius 2 is 1.88 bits per heavy atom. The van der Waals surface area contributed by atoms with Crippen molar-refractivity contribution in [3.8, 4) is 11.5 Å². The van der Waals surface area contributed by atoms with Gasteiger partial charge in [-0.25, -0.2) is 4.79 Å². The van der Waals surface area contributed by atoms with Crippen LogP contribution in [0.5, 0.6) is 11.5 Å². The summed E-state index contributed by atoms with van der Waals surface area (Å²) in [6.45, 7) is 9.91. The maximum absolute atomic E-state index is 11.6. The largest absolute Gasteiger partial charge is 0.483 e. The number of hydrazine groups is 1. The molecule has 0 saturated heterocycles. The van der Waals surface area contributed by atoms with Crippen molar-refractivity contribution >= 4 is 34.7 Å². The van der Waals surface area contributed by atoms with Crippen LogP contribution < -0.4 is 25.6 Å². The topological polar surface area (TPSA) is 80.9 Å². The van der Waals surface area contributed by atoms with E-state index >= 15 is 0 Å². The molecule has 0 fully saturated rings. The first-order chi connectivity index (χ1) is 15.2. The summed E-state index contributed by atoms with van der Waals surface area (Å²) in [7, 11) is 0. The van der Waals surface area contributed by atoms with Crippen LogP contribution in [0.4, 0.5) is 5.69 Å². The predicted octanol–water partition coefficient (Wildman–Crippen LogP) is 4.25. The first kappa shape index (κ1) is 23.4. The van der Waals surface area contributed by atoms with Crippen LogP contribution in [0.25, 0.3) is 5.70 Å². The van der Waals surface area contributed by atoms with E-state index in [1.165, 1.54) is 0 Å². The SMILES string of the molecule is CCOC(=O)COc1ccc2c(c1)C(NNC(=S)Nc1c(C)cccc1C)=CC(C)(C)O2. The van der Waals surface area contributed by atoms with E-state index in [1.54, 1.807) is 13.0 Å². The molecule has 1 aliphatic heterocycles. The lowest BCUT2D eigenvalue weighted by Gasteiger charge is -2.32. The van der Waals surface area contributed by atoms with E-state index in [4.69, 9.17) is 26.4 Å². The maximum atomic E-state index is 11.6. The van der Waals surface area contributed by atoms with Crippen molar-refractivity contribution in [3.05, 3.63) is 59.2 Å². The van der Waals surface area contributed by atoms with Gasteiger partial charge in [0.2, 0.25) is 0 Å². The van der Waals surface area contributed by atoms with Crippen molar-refractivity contribution in [1.82, 2.24) is 10.9 Å². The molecular formula is C24H29N3O4S. The Bertz CT molecular complexity index is 1030. The van der Waals surface area contributed by atoms with Gasteiger partial charge in [0, 0.05) is 11.3 Å². The van der Waals surface area contributed by atoms with Gasteiger partial charge in [-0.05, 0) is 82.2 Å². The molecule has 32 heavy (non-hydrogen) atoms. The summed E-state index contributed by atoms with van der Waals surface area (Å²) in [6, 6.07) is 11.5. The minimum atomic E-state index is -0.522. The number of rotatable bonds is 7. The van der Waals surface area contributed by atoms with Crippen molar-refractivity contribution in [1.29, 1.82) is 0 Å². The third-order valence-corrected chi connectivity index (χ3v) is 5.00. The van der Waals surface area contributed by atoms with Gasteiger partial charge in [0.25, 0.3) is 0 Å². The van der Waals surface area contributed by atoms with Gasteiger partial charge in [-0.3, -0.25) is 10.9 Å². The summed E-state index contributed by atoms with van der Waals surface area (Å²) in [6.07, 6.45) is 1.96. The van der Waals surface area contributed by atoms with Crippen LogP contribution in [-0.2, 0) is 9.53 Å². The molecule has 0 spiro atoms. The first-order valence-electron chi connectivity index (χ1n) is 10.4. The summed E-state index contributed by atoms with van der Waals surface area (Å²) in [5.41, 5.74) is 10.5. The molecular weight excluding hydrogens is 426 g/mol.